The largest absolute Gasteiger partial charge is 0.488 e. The number of nitro benzene ring substituents is 1. The van der Waals surface area contributed by atoms with Crippen molar-refractivity contribution in [2.24, 2.45) is 5.10 Å². The van der Waals surface area contributed by atoms with Crippen LogP contribution in [-0.4, -0.2) is 17.0 Å². The molecule has 5 aromatic rings. The number of carbonyl (C=O) groups excluding carboxylic acids is 1. The number of hydrogen-bond donors (Lipinski definition) is 1. The monoisotopic (exact) mass is 465 g/mol. The van der Waals surface area contributed by atoms with Gasteiger partial charge in [-0.2, -0.15) is 5.10 Å². The molecule has 0 saturated carbocycles. The summed E-state index contributed by atoms with van der Waals surface area (Å²) >= 11 is 0. The van der Waals surface area contributed by atoms with E-state index in [2.05, 4.69) is 28.7 Å². The van der Waals surface area contributed by atoms with Gasteiger partial charge in [0, 0.05) is 23.1 Å². The normalized spacial score (nSPS) is 11.2. The fourth-order valence-electron chi connectivity index (χ4n) is 3.76. The highest BCUT2D eigenvalue weighted by molar-refractivity contribution is 5.97. The van der Waals surface area contributed by atoms with Crippen molar-refractivity contribution >= 4 is 39.6 Å². The fourth-order valence-corrected chi connectivity index (χ4v) is 3.76. The highest BCUT2D eigenvalue weighted by Crippen LogP contribution is 2.25. The SMILES string of the molecule is O=C(NN=Cc1ccccc1OCc1cccc2ccccc12)c1cc2cc([N+](=O)[O-])ccc2o1. The molecule has 8 heteroatoms. The lowest BCUT2D eigenvalue weighted by Crippen LogP contribution is -2.16. The van der Waals surface area contributed by atoms with Crippen molar-refractivity contribution in [3.05, 3.63) is 118 Å². The van der Waals surface area contributed by atoms with Crippen LogP contribution in [0.3, 0.4) is 0 Å². The highest BCUT2D eigenvalue weighted by atomic mass is 16.6. The number of nitro groups is 1. The van der Waals surface area contributed by atoms with Crippen molar-refractivity contribution in [1.29, 1.82) is 0 Å². The number of carbonyl (C=O) groups is 1. The number of amides is 1. The average Bonchev–Trinajstić information content (AvgIpc) is 3.32. The van der Waals surface area contributed by atoms with Crippen LogP contribution in [0.2, 0.25) is 0 Å². The van der Waals surface area contributed by atoms with E-state index in [1.54, 1.807) is 0 Å². The van der Waals surface area contributed by atoms with Gasteiger partial charge in [0.15, 0.2) is 5.76 Å². The standard InChI is InChI=1S/C27H19N3O5/c31-27(26-15-21-14-22(30(32)33)12-13-25(21)35-26)29-28-16-19-7-2-4-11-24(19)34-17-20-9-5-8-18-6-1-3-10-23(18)20/h1-16H,17H2,(H,29,31). The predicted molar refractivity (Wildman–Crippen MR) is 133 cm³/mol. The number of non-ortho nitro benzene ring substituents is 1. The Kier molecular flexibility index (Phi) is 5.92. The molecule has 172 valence electrons. The van der Waals surface area contributed by atoms with Crippen LogP contribution in [0.15, 0.2) is 101 Å². The summed E-state index contributed by atoms with van der Waals surface area (Å²) < 4.78 is 11.5. The quantitative estimate of drug-likeness (QED) is 0.185. The number of nitrogens with one attached hydrogen (secondary N) is 1. The number of fused-ring (bicyclic) bond motifs is 2. The molecule has 0 aliphatic heterocycles. The molecule has 0 aliphatic carbocycles. The van der Waals surface area contributed by atoms with Gasteiger partial charge in [-0.25, -0.2) is 5.43 Å². The average molecular weight is 465 g/mol. The molecule has 5 rings (SSSR count). The minimum atomic E-state index is -0.575. The topological polar surface area (TPSA) is 107 Å². The Morgan fingerprint density at radius 3 is 2.66 bits per heavy atom. The number of furan rings is 1. The maximum Gasteiger partial charge on any atom is 0.307 e. The summed E-state index contributed by atoms with van der Waals surface area (Å²) in [4.78, 5) is 22.9. The molecule has 1 heterocycles. The molecule has 0 saturated heterocycles. The smallest absolute Gasteiger partial charge is 0.307 e. The summed E-state index contributed by atoms with van der Waals surface area (Å²) in [5.74, 6) is 0.0434. The second-order valence-corrected chi connectivity index (χ2v) is 7.75. The van der Waals surface area contributed by atoms with Gasteiger partial charge in [-0.05, 0) is 40.6 Å². The van der Waals surface area contributed by atoms with E-state index < -0.39 is 10.8 Å². The molecule has 4 aromatic carbocycles. The number of ether oxygens (including phenoxy) is 1. The number of hydrogen-bond acceptors (Lipinski definition) is 6. The Labute approximate surface area is 199 Å². The number of benzene rings is 4. The van der Waals surface area contributed by atoms with Crippen LogP contribution in [0, 0.1) is 10.1 Å². The Morgan fingerprint density at radius 2 is 1.77 bits per heavy atom. The first kappa shape index (κ1) is 21.8. The van der Waals surface area contributed by atoms with E-state index in [0.29, 0.717) is 28.9 Å². The third-order valence-corrected chi connectivity index (χ3v) is 5.49. The van der Waals surface area contributed by atoms with Crippen molar-refractivity contribution in [2.45, 2.75) is 6.61 Å². The predicted octanol–water partition coefficient (Wildman–Crippen LogP) is 5.84. The minimum absolute atomic E-state index is 0.00172. The highest BCUT2D eigenvalue weighted by Gasteiger charge is 2.14. The van der Waals surface area contributed by atoms with Crippen LogP contribution in [0.4, 0.5) is 5.69 Å². The molecule has 8 nitrogen and oxygen atoms in total. The number of para-hydroxylation sites is 1. The van der Waals surface area contributed by atoms with Gasteiger partial charge in [-0.15, -0.1) is 0 Å². The zero-order valence-corrected chi connectivity index (χ0v) is 18.4. The van der Waals surface area contributed by atoms with Crippen molar-refractivity contribution in [2.75, 3.05) is 0 Å². The van der Waals surface area contributed by atoms with Crippen molar-refractivity contribution in [3.63, 3.8) is 0 Å². The van der Waals surface area contributed by atoms with Crippen LogP contribution in [0.25, 0.3) is 21.7 Å². The van der Waals surface area contributed by atoms with Crippen molar-refractivity contribution < 1.29 is 18.9 Å². The van der Waals surface area contributed by atoms with Crippen LogP contribution < -0.4 is 10.2 Å². The molecule has 0 atom stereocenters. The zero-order valence-electron chi connectivity index (χ0n) is 18.4. The third-order valence-electron chi connectivity index (χ3n) is 5.49. The molecular weight excluding hydrogens is 446 g/mol. The Hall–Kier alpha value is -4.98. The summed E-state index contributed by atoms with van der Waals surface area (Å²) in [5.41, 5.74) is 4.46. The van der Waals surface area contributed by atoms with Gasteiger partial charge in [0.2, 0.25) is 0 Å². The van der Waals surface area contributed by atoms with Gasteiger partial charge < -0.3 is 9.15 Å². The van der Waals surface area contributed by atoms with E-state index in [4.69, 9.17) is 9.15 Å². The van der Waals surface area contributed by atoms with Gasteiger partial charge in [0.1, 0.15) is 17.9 Å². The molecule has 0 fully saturated rings. The van der Waals surface area contributed by atoms with Gasteiger partial charge in [-0.1, -0.05) is 54.6 Å². The van der Waals surface area contributed by atoms with E-state index in [1.807, 2.05) is 48.5 Å². The van der Waals surface area contributed by atoms with Crippen LogP contribution in [0.5, 0.6) is 5.75 Å². The Morgan fingerprint density at radius 1 is 0.971 bits per heavy atom. The maximum atomic E-state index is 12.5. The lowest BCUT2D eigenvalue weighted by molar-refractivity contribution is -0.384. The Bertz CT molecular complexity index is 1580. The van der Waals surface area contributed by atoms with E-state index in [0.717, 1.165) is 16.3 Å². The van der Waals surface area contributed by atoms with Crippen LogP contribution >= 0.6 is 0 Å². The summed E-state index contributed by atoms with van der Waals surface area (Å²) in [7, 11) is 0. The molecule has 0 spiro atoms. The summed E-state index contributed by atoms with van der Waals surface area (Å²) in [6.07, 6.45) is 1.49. The van der Waals surface area contributed by atoms with Crippen LogP contribution in [0.1, 0.15) is 21.7 Å². The van der Waals surface area contributed by atoms with Gasteiger partial charge in [-0.3, -0.25) is 14.9 Å². The Balaban J connectivity index is 1.28. The second kappa shape index (κ2) is 9.48. The minimum Gasteiger partial charge on any atom is -0.488 e. The molecule has 1 amide bonds. The number of hydrazone groups is 1. The summed E-state index contributed by atoms with van der Waals surface area (Å²) in [6.45, 7) is 0.379. The molecule has 1 N–H and O–H groups in total. The van der Waals surface area contributed by atoms with Gasteiger partial charge in [0.25, 0.3) is 5.69 Å². The van der Waals surface area contributed by atoms with E-state index in [1.165, 1.54) is 30.5 Å². The van der Waals surface area contributed by atoms with Gasteiger partial charge >= 0.3 is 5.91 Å². The molecule has 35 heavy (non-hydrogen) atoms. The first-order chi connectivity index (χ1) is 17.1. The number of rotatable bonds is 7. The fraction of sp³-hybridized carbons (Fsp3) is 0.0370. The van der Waals surface area contributed by atoms with Crippen molar-refractivity contribution in [3.8, 4) is 5.75 Å². The summed E-state index contributed by atoms with van der Waals surface area (Å²) in [6, 6.07) is 27.2. The molecule has 0 aliphatic rings. The van der Waals surface area contributed by atoms with E-state index in [-0.39, 0.29) is 11.4 Å². The molecule has 1 aromatic heterocycles. The molecule has 0 radical (unpaired) electrons. The lowest BCUT2D eigenvalue weighted by atomic mass is 10.1. The first-order valence-corrected chi connectivity index (χ1v) is 10.8. The maximum absolute atomic E-state index is 12.5. The van der Waals surface area contributed by atoms with Gasteiger partial charge in [0.05, 0.1) is 11.1 Å². The summed E-state index contributed by atoms with van der Waals surface area (Å²) in [5, 5.41) is 17.7. The number of nitrogens with zero attached hydrogens (tertiary/aromatic N) is 2. The molecule has 0 unspecified atom stereocenters. The molecule has 0 bridgehead atoms. The van der Waals surface area contributed by atoms with Crippen molar-refractivity contribution in [1.82, 2.24) is 5.43 Å². The zero-order chi connectivity index (χ0) is 24.2. The van der Waals surface area contributed by atoms with Crippen LogP contribution in [-0.2, 0) is 6.61 Å². The lowest BCUT2D eigenvalue weighted by Gasteiger charge is -2.11. The molecular formula is C27H19N3O5. The van der Waals surface area contributed by atoms with E-state index >= 15 is 0 Å². The third kappa shape index (κ3) is 4.72. The first-order valence-electron chi connectivity index (χ1n) is 10.8. The van der Waals surface area contributed by atoms with E-state index in [9.17, 15) is 14.9 Å². The second-order valence-electron chi connectivity index (χ2n) is 7.75.